The molecule has 0 aromatic rings. The fraction of sp³-hybridized carbons (Fsp3) is 1.00. The molecule has 0 nitrogen and oxygen atoms in total. The van der Waals surface area contributed by atoms with Gasteiger partial charge in [0, 0.05) is 0 Å². The maximum atomic E-state index is 2.26. The van der Waals surface area contributed by atoms with Crippen LogP contribution in [0.1, 0.15) is 0 Å². The van der Waals surface area contributed by atoms with Gasteiger partial charge in [-0.15, -0.1) is 0 Å². The van der Waals surface area contributed by atoms with E-state index in [2.05, 4.69) is 20.2 Å². The van der Waals surface area contributed by atoms with Crippen LogP contribution in [0.25, 0.3) is 0 Å². The van der Waals surface area contributed by atoms with E-state index in [-0.39, 0.29) is 0 Å². The third-order valence-electron chi connectivity index (χ3n) is 0.408. The molecule has 0 aliphatic heterocycles. The van der Waals surface area contributed by atoms with Crippen LogP contribution >= 0.6 is 0 Å². The Morgan fingerprint density at radius 2 is 2.00 bits per heavy atom. The third-order valence-corrected chi connectivity index (χ3v) is 1.22. The molecule has 23 valence electrons. The van der Waals surface area contributed by atoms with Crippen LogP contribution in [0.5, 0.6) is 0 Å². The predicted molar refractivity (Wildman–Crippen MR) is 26.0 cm³/mol. The van der Waals surface area contributed by atoms with Gasteiger partial charge in [-0.25, -0.2) is 0 Å². The highest BCUT2D eigenvalue weighted by Crippen LogP contribution is 1.44. The molecule has 0 unspecified atom stereocenters. The van der Waals surface area contributed by atoms with Gasteiger partial charge in [-0.2, -0.15) is 0 Å². The zero-order valence-corrected chi connectivity index (χ0v) is 4.70. The average Bonchev–Trinajstić information content (AvgIpc) is 1.37. The van der Waals surface area contributed by atoms with Crippen molar-refractivity contribution in [1.82, 2.24) is 0 Å². The van der Waals surface area contributed by atoms with E-state index in [4.69, 9.17) is 0 Å². The summed E-state index contributed by atoms with van der Waals surface area (Å²) in [5, 5.41) is 0. The van der Waals surface area contributed by atoms with E-state index in [1.807, 2.05) is 0 Å². The Bertz CT molecular complexity index is 8.00. The van der Waals surface area contributed by atoms with E-state index in [1.54, 1.807) is 0 Å². The Balaban J connectivity index is 1.97. The fourth-order valence-corrected chi connectivity index (χ4v) is 0. The molecule has 0 saturated heterocycles. The first-order valence-corrected chi connectivity index (χ1v) is 3.92. The molecule has 0 fully saturated rings. The van der Waals surface area contributed by atoms with Crippen LogP contribution in [-0.4, -0.2) is 16.3 Å². The van der Waals surface area contributed by atoms with Gasteiger partial charge in [0.05, 0.1) is 6.87 Å². The van der Waals surface area contributed by atoms with Crippen molar-refractivity contribution in [2.24, 2.45) is 0 Å². The maximum absolute atomic E-state index is 2.26. The van der Waals surface area contributed by atoms with Crippen molar-refractivity contribution in [3.63, 3.8) is 0 Å². The van der Waals surface area contributed by atoms with E-state index < -0.39 is 0 Å². The van der Waals surface area contributed by atoms with Gasteiger partial charge in [-0.1, -0.05) is 13.4 Å². The lowest BCUT2D eigenvalue weighted by molar-refractivity contribution is 2.29. The van der Waals surface area contributed by atoms with Crippen molar-refractivity contribution < 1.29 is 0 Å². The van der Waals surface area contributed by atoms with E-state index in [0.717, 1.165) is 0 Å². The Kier molecular flexibility index (Phi) is 3.51. The van der Waals surface area contributed by atoms with Crippen molar-refractivity contribution in [3.8, 4) is 0 Å². The van der Waals surface area contributed by atoms with Crippen molar-refractivity contribution in [2.45, 2.75) is 13.4 Å². The second-order valence-electron chi connectivity index (χ2n) is 0.816. The lowest BCUT2D eigenvalue weighted by atomic mass is 10.2. The van der Waals surface area contributed by atoms with Crippen LogP contribution in [0.2, 0.25) is 13.4 Å². The molecule has 0 atom stereocenters. The van der Waals surface area contributed by atoms with Crippen molar-refractivity contribution >= 4 is 16.3 Å². The van der Waals surface area contributed by atoms with Crippen LogP contribution in [0, 0.1) is 0 Å². The van der Waals surface area contributed by atoms with Gasteiger partial charge in [0.15, 0.2) is 0 Å². The standard InChI is InChI=1S/C2H8BSi/c1-3-4-2/h4H2,1-2H3. The van der Waals surface area contributed by atoms with Crippen molar-refractivity contribution in [3.05, 3.63) is 0 Å². The number of rotatable bonds is 1. The first-order valence-electron chi connectivity index (χ1n) is 1.69. The van der Waals surface area contributed by atoms with E-state index in [1.165, 1.54) is 0 Å². The molecule has 0 bridgehead atoms. The molecule has 0 aliphatic carbocycles. The van der Waals surface area contributed by atoms with E-state index >= 15 is 0 Å². The Hall–Kier alpha value is 0.282. The van der Waals surface area contributed by atoms with E-state index in [0.29, 0.717) is 9.39 Å². The maximum Gasteiger partial charge on any atom is 0.0907 e. The topological polar surface area (TPSA) is 0 Å². The Morgan fingerprint density at radius 1 is 1.75 bits per heavy atom. The van der Waals surface area contributed by atoms with Crippen LogP contribution in [0.3, 0.4) is 0 Å². The molecule has 0 amide bonds. The van der Waals surface area contributed by atoms with Gasteiger partial charge in [0.2, 0.25) is 0 Å². The van der Waals surface area contributed by atoms with Crippen LogP contribution in [0.15, 0.2) is 0 Å². The molecule has 0 spiro atoms. The van der Waals surface area contributed by atoms with Gasteiger partial charge in [0.25, 0.3) is 0 Å². The van der Waals surface area contributed by atoms with Crippen LogP contribution < -0.4 is 0 Å². The summed E-state index contributed by atoms with van der Waals surface area (Å²) in [7, 11) is 0.299. The summed E-state index contributed by atoms with van der Waals surface area (Å²) in [6.45, 7) is 6.65. The minimum absolute atomic E-state index is 0.299. The Morgan fingerprint density at radius 3 is 2.00 bits per heavy atom. The lowest BCUT2D eigenvalue weighted by Crippen LogP contribution is -1.86. The molecule has 0 aliphatic rings. The SMILES string of the molecule is C[B][SiH2]C. The van der Waals surface area contributed by atoms with Crippen LogP contribution in [0.4, 0.5) is 0 Å². The second kappa shape index (κ2) is 3.28. The zero-order chi connectivity index (χ0) is 3.41. The quantitative estimate of drug-likeness (QED) is 0.378. The summed E-state index contributed by atoms with van der Waals surface area (Å²) in [6, 6.07) is 0. The van der Waals surface area contributed by atoms with Gasteiger partial charge in [-0.05, 0) is 9.39 Å². The predicted octanol–water partition coefficient (Wildman–Crippen LogP) is -0.129. The van der Waals surface area contributed by atoms with Crippen LogP contribution in [-0.2, 0) is 0 Å². The smallest absolute Gasteiger partial charge is 0.0907 e. The molecule has 0 aromatic heterocycles. The lowest BCUT2D eigenvalue weighted by Gasteiger charge is -1.62. The van der Waals surface area contributed by atoms with Crippen molar-refractivity contribution in [1.29, 1.82) is 0 Å². The molecule has 0 N–H and O–H groups in total. The molecular formula is C2H8BSi. The van der Waals surface area contributed by atoms with Gasteiger partial charge < -0.3 is 0 Å². The van der Waals surface area contributed by atoms with Gasteiger partial charge in [-0.3, -0.25) is 0 Å². The highest BCUT2D eigenvalue weighted by Gasteiger charge is 1.62. The summed E-state index contributed by atoms with van der Waals surface area (Å²) in [5.41, 5.74) is 0. The molecular weight excluding hydrogens is 62.9 g/mol. The molecule has 0 saturated carbocycles. The summed E-state index contributed by atoms with van der Waals surface area (Å²) in [4.78, 5) is 0. The molecule has 2 heteroatoms. The molecule has 0 heterocycles. The molecule has 4 heavy (non-hydrogen) atoms. The number of hydrogen-bond donors (Lipinski definition) is 0. The third kappa shape index (κ3) is 2.28. The fourth-order valence-electron chi connectivity index (χ4n) is 0. The zero-order valence-electron chi connectivity index (χ0n) is 3.28. The summed E-state index contributed by atoms with van der Waals surface area (Å²) in [6.07, 6.45) is 0. The molecule has 1 radical (unpaired) electrons. The minimum Gasteiger partial charge on any atom is -0.0948 e. The van der Waals surface area contributed by atoms with Crippen molar-refractivity contribution in [2.75, 3.05) is 0 Å². The Labute approximate surface area is 30.6 Å². The average molecular weight is 71.0 g/mol. The monoisotopic (exact) mass is 71.0 g/mol. The van der Waals surface area contributed by atoms with Gasteiger partial charge in [0.1, 0.15) is 0 Å². The first kappa shape index (κ1) is 4.28. The second-order valence-corrected chi connectivity index (χ2v) is 2.45. The largest absolute Gasteiger partial charge is 0.0948 e. The summed E-state index contributed by atoms with van der Waals surface area (Å²) >= 11 is 0. The summed E-state index contributed by atoms with van der Waals surface area (Å²) < 4.78 is 0. The summed E-state index contributed by atoms with van der Waals surface area (Å²) in [5.74, 6) is 0. The molecule has 0 aromatic carbocycles. The van der Waals surface area contributed by atoms with Gasteiger partial charge >= 0.3 is 0 Å². The highest BCUT2D eigenvalue weighted by molar-refractivity contribution is 6.99. The normalized spacial score (nSPS) is 9.50. The minimum atomic E-state index is 0.299. The highest BCUT2D eigenvalue weighted by atomic mass is 28.2. The first-order chi connectivity index (χ1) is 1.91. The van der Waals surface area contributed by atoms with E-state index in [9.17, 15) is 0 Å². The molecule has 0 rings (SSSR count). The number of hydrogen-bond acceptors (Lipinski definition) is 0.